The molecular formula is C16H23ClFNO. The molecule has 0 saturated carbocycles. The number of halogens is 2. The van der Waals surface area contributed by atoms with E-state index in [0.29, 0.717) is 12.0 Å². The molecule has 0 radical (unpaired) electrons. The summed E-state index contributed by atoms with van der Waals surface area (Å²) in [6, 6.07) is 5.29. The molecule has 20 heavy (non-hydrogen) atoms. The molecule has 112 valence electrons. The molecule has 1 aromatic rings. The molecule has 1 aliphatic rings. The molecule has 1 fully saturated rings. The summed E-state index contributed by atoms with van der Waals surface area (Å²) in [4.78, 5) is 0. The van der Waals surface area contributed by atoms with Crippen LogP contribution in [0.15, 0.2) is 18.2 Å². The van der Waals surface area contributed by atoms with Gasteiger partial charge in [-0.1, -0.05) is 30.7 Å². The predicted octanol–water partition coefficient (Wildman–Crippen LogP) is 3.96. The standard InChI is InChI=1S/C16H23ClFNO/c1-3-19-14(16(2)9-4-5-10-20-16)11-12-7-6-8-13(17)15(12)18/h6-8,14,19H,3-5,9-11H2,1-2H3. The number of nitrogens with one attached hydrogen (secondary N) is 1. The van der Waals surface area contributed by atoms with Crippen LogP contribution in [0.4, 0.5) is 4.39 Å². The quantitative estimate of drug-likeness (QED) is 0.888. The zero-order valence-corrected chi connectivity index (χ0v) is 13.0. The average Bonchev–Trinajstić information content (AvgIpc) is 2.44. The van der Waals surface area contributed by atoms with Gasteiger partial charge in [0.2, 0.25) is 0 Å². The normalized spacial score (nSPS) is 24.6. The van der Waals surface area contributed by atoms with Crippen molar-refractivity contribution in [2.75, 3.05) is 13.2 Å². The van der Waals surface area contributed by atoms with Crippen LogP contribution >= 0.6 is 11.6 Å². The third-order valence-electron chi connectivity index (χ3n) is 4.14. The lowest BCUT2D eigenvalue weighted by atomic mass is 9.84. The Morgan fingerprint density at radius 2 is 2.25 bits per heavy atom. The van der Waals surface area contributed by atoms with Gasteiger partial charge < -0.3 is 10.1 Å². The maximum Gasteiger partial charge on any atom is 0.145 e. The van der Waals surface area contributed by atoms with Gasteiger partial charge in [-0.3, -0.25) is 0 Å². The first-order valence-corrected chi connectivity index (χ1v) is 7.75. The molecule has 1 aromatic carbocycles. The third-order valence-corrected chi connectivity index (χ3v) is 4.43. The van der Waals surface area contributed by atoms with E-state index in [9.17, 15) is 4.39 Å². The van der Waals surface area contributed by atoms with Crippen molar-refractivity contribution in [1.29, 1.82) is 0 Å². The van der Waals surface area contributed by atoms with Gasteiger partial charge in [0, 0.05) is 12.6 Å². The number of hydrogen-bond donors (Lipinski definition) is 1. The minimum absolute atomic E-state index is 0.0979. The fraction of sp³-hybridized carbons (Fsp3) is 0.625. The highest BCUT2D eigenvalue weighted by Gasteiger charge is 2.36. The van der Waals surface area contributed by atoms with E-state index >= 15 is 0 Å². The monoisotopic (exact) mass is 299 g/mol. The SMILES string of the molecule is CCNC(Cc1cccc(Cl)c1F)C1(C)CCCCO1. The summed E-state index contributed by atoms with van der Waals surface area (Å²) >= 11 is 5.87. The highest BCUT2D eigenvalue weighted by Crippen LogP contribution is 2.30. The van der Waals surface area contributed by atoms with Gasteiger partial charge in [0.05, 0.1) is 10.6 Å². The maximum atomic E-state index is 14.1. The van der Waals surface area contributed by atoms with Gasteiger partial charge in [-0.2, -0.15) is 0 Å². The molecule has 0 bridgehead atoms. The largest absolute Gasteiger partial charge is 0.374 e. The van der Waals surface area contributed by atoms with Crippen molar-refractivity contribution in [1.82, 2.24) is 5.32 Å². The second kappa shape index (κ2) is 6.88. The molecule has 1 N–H and O–H groups in total. The van der Waals surface area contributed by atoms with Crippen LogP contribution in [0, 0.1) is 5.82 Å². The third kappa shape index (κ3) is 3.51. The predicted molar refractivity (Wildman–Crippen MR) is 80.8 cm³/mol. The molecule has 2 unspecified atom stereocenters. The van der Waals surface area contributed by atoms with Crippen molar-refractivity contribution in [2.45, 2.75) is 51.2 Å². The molecule has 0 amide bonds. The number of rotatable bonds is 5. The Hall–Kier alpha value is -0.640. The molecule has 0 spiro atoms. The van der Waals surface area contributed by atoms with Crippen molar-refractivity contribution < 1.29 is 9.13 Å². The van der Waals surface area contributed by atoms with Crippen molar-refractivity contribution in [3.63, 3.8) is 0 Å². The molecule has 4 heteroatoms. The van der Waals surface area contributed by atoms with Gasteiger partial charge in [-0.15, -0.1) is 0 Å². The number of hydrogen-bond acceptors (Lipinski definition) is 2. The van der Waals surface area contributed by atoms with E-state index in [1.807, 2.05) is 0 Å². The average molecular weight is 300 g/mol. The summed E-state index contributed by atoms with van der Waals surface area (Å²) in [5.41, 5.74) is 0.419. The summed E-state index contributed by atoms with van der Waals surface area (Å²) in [5.74, 6) is -0.309. The Morgan fingerprint density at radius 3 is 2.90 bits per heavy atom. The van der Waals surface area contributed by atoms with Crippen LogP contribution in [0.1, 0.15) is 38.7 Å². The van der Waals surface area contributed by atoms with Crippen molar-refractivity contribution in [3.8, 4) is 0 Å². The molecular weight excluding hydrogens is 277 g/mol. The second-order valence-electron chi connectivity index (χ2n) is 5.65. The molecule has 1 aliphatic heterocycles. The molecule has 1 heterocycles. The van der Waals surface area contributed by atoms with E-state index in [2.05, 4.69) is 19.2 Å². The fourth-order valence-electron chi connectivity index (χ4n) is 2.91. The van der Waals surface area contributed by atoms with Gasteiger partial charge in [-0.25, -0.2) is 4.39 Å². The van der Waals surface area contributed by atoms with Gasteiger partial charge in [0.25, 0.3) is 0 Å². The first kappa shape index (κ1) is 15.7. The summed E-state index contributed by atoms with van der Waals surface area (Å²) in [5, 5.41) is 3.64. The molecule has 2 atom stereocenters. The Morgan fingerprint density at radius 1 is 1.45 bits per heavy atom. The Bertz CT molecular complexity index is 446. The lowest BCUT2D eigenvalue weighted by Gasteiger charge is -2.41. The van der Waals surface area contributed by atoms with E-state index in [4.69, 9.17) is 16.3 Å². The van der Waals surface area contributed by atoms with Crippen LogP contribution in [-0.2, 0) is 11.2 Å². The van der Waals surface area contributed by atoms with Crippen molar-refractivity contribution in [3.05, 3.63) is 34.6 Å². The van der Waals surface area contributed by atoms with Crippen LogP contribution in [0.25, 0.3) is 0 Å². The molecule has 0 aliphatic carbocycles. The highest BCUT2D eigenvalue weighted by molar-refractivity contribution is 6.30. The molecule has 2 rings (SSSR count). The van der Waals surface area contributed by atoms with E-state index in [1.54, 1.807) is 18.2 Å². The lowest BCUT2D eigenvalue weighted by molar-refractivity contribution is -0.0882. The topological polar surface area (TPSA) is 21.3 Å². The maximum absolute atomic E-state index is 14.1. The van der Waals surface area contributed by atoms with E-state index < -0.39 is 0 Å². The zero-order chi connectivity index (χ0) is 14.6. The van der Waals surface area contributed by atoms with Gasteiger partial charge in [0.1, 0.15) is 5.82 Å². The van der Waals surface area contributed by atoms with Crippen LogP contribution in [0.3, 0.4) is 0 Å². The minimum Gasteiger partial charge on any atom is -0.374 e. The number of ether oxygens (including phenoxy) is 1. The second-order valence-corrected chi connectivity index (χ2v) is 6.05. The first-order chi connectivity index (χ1) is 9.57. The Labute approximate surface area is 125 Å². The van der Waals surface area contributed by atoms with E-state index in [-0.39, 0.29) is 22.5 Å². The van der Waals surface area contributed by atoms with Crippen molar-refractivity contribution >= 4 is 11.6 Å². The minimum atomic E-state index is -0.309. The molecule has 2 nitrogen and oxygen atoms in total. The Kier molecular flexibility index (Phi) is 5.42. The van der Waals surface area contributed by atoms with Gasteiger partial charge in [0.15, 0.2) is 0 Å². The van der Waals surface area contributed by atoms with Crippen LogP contribution in [0.2, 0.25) is 5.02 Å². The van der Waals surface area contributed by atoms with Gasteiger partial charge in [-0.05, 0) is 50.8 Å². The highest BCUT2D eigenvalue weighted by atomic mass is 35.5. The summed E-state index contributed by atoms with van der Waals surface area (Å²) in [6.45, 7) is 5.82. The molecule has 1 saturated heterocycles. The Balaban J connectivity index is 2.18. The van der Waals surface area contributed by atoms with Gasteiger partial charge >= 0.3 is 0 Å². The number of benzene rings is 1. The van der Waals surface area contributed by atoms with Crippen LogP contribution in [0.5, 0.6) is 0 Å². The van der Waals surface area contributed by atoms with Crippen LogP contribution in [-0.4, -0.2) is 24.8 Å². The first-order valence-electron chi connectivity index (χ1n) is 7.37. The van der Waals surface area contributed by atoms with Crippen LogP contribution < -0.4 is 5.32 Å². The van der Waals surface area contributed by atoms with E-state index in [1.165, 1.54) is 0 Å². The summed E-state index contributed by atoms with van der Waals surface area (Å²) in [6.07, 6.45) is 3.87. The number of likely N-dealkylation sites (N-methyl/N-ethyl adjacent to an activating group) is 1. The van der Waals surface area contributed by atoms with E-state index in [0.717, 1.165) is 32.4 Å². The fourth-order valence-corrected chi connectivity index (χ4v) is 3.10. The summed E-state index contributed by atoms with van der Waals surface area (Å²) < 4.78 is 20.1. The smallest absolute Gasteiger partial charge is 0.145 e. The lowest BCUT2D eigenvalue weighted by Crippen LogP contribution is -2.53. The molecule has 0 aromatic heterocycles. The zero-order valence-electron chi connectivity index (χ0n) is 12.2. The van der Waals surface area contributed by atoms with Crippen molar-refractivity contribution in [2.24, 2.45) is 0 Å². The summed E-state index contributed by atoms with van der Waals surface area (Å²) in [7, 11) is 0.